The summed E-state index contributed by atoms with van der Waals surface area (Å²) in [5.41, 5.74) is -0.990. The van der Waals surface area contributed by atoms with E-state index in [1.165, 1.54) is 0 Å². The fourth-order valence-electron chi connectivity index (χ4n) is 4.64. The first-order chi connectivity index (χ1) is 10.9. The zero-order valence-electron chi connectivity index (χ0n) is 14.5. The molecule has 1 aliphatic heterocycles. The molecule has 1 saturated carbocycles. The maximum atomic E-state index is 12.9. The molecular formula is C18H31NO4. The van der Waals surface area contributed by atoms with E-state index in [1.54, 1.807) is 4.90 Å². The number of hydrogen-bond acceptors (Lipinski definition) is 3. The molecule has 0 aromatic carbocycles. The number of carboxylic acids is 1. The number of carbonyl (C=O) groups excluding carboxylic acids is 1. The molecule has 0 bridgehead atoms. The predicted molar refractivity (Wildman–Crippen MR) is 88.0 cm³/mol. The van der Waals surface area contributed by atoms with Crippen molar-refractivity contribution in [2.45, 2.75) is 95.7 Å². The van der Waals surface area contributed by atoms with Crippen LogP contribution < -0.4 is 0 Å². The van der Waals surface area contributed by atoms with E-state index in [-0.39, 0.29) is 18.4 Å². The molecule has 1 aliphatic carbocycles. The lowest BCUT2D eigenvalue weighted by atomic mass is 9.84. The molecule has 1 amide bonds. The van der Waals surface area contributed by atoms with Gasteiger partial charge in [-0.2, -0.15) is 0 Å². The second kappa shape index (κ2) is 7.65. The average molecular weight is 325 g/mol. The lowest BCUT2D eigenvalue weighted by Gasteiger charge is -2.36. The maximum absolute atomic E-state index is 12.9. The molecule has 2 aliphatic rings. The number of likely N-dealkylation sites (tertiary alicyclic amines) is 1. The van der Waals surface area contributed by atoms with Crippen molar-refractivity contribution in [1.29, 1.82) is 0 Å². The molecule has 2 fully saturated rings. The van der Waals surface area contributed by atoms with Crippen molar-refractivity contribution < 1.29 is 19.8 Å². The number of aliphatic hydroxyl groups is 1. The summed E-state index contributed by atoms with van der Waals surface area (Å²) >= 11 is 0. The summed E-state index contributed by atoms with van der Waals surface area (Å²) in [6, 6.07) is -0.645. The Kier molecular flexibility index (Phi) is 6.06. The van der Waals surface area contributed by atoms with Crippen LogP contribution in [-0.2, 0) is 9.59 Å². The van der Waals surface area contributed by atoms with Gasteiger partial charge in [0.05, 0.1) is 12.0 Å². The van der Waals surface area contributed by atoms with Crippen molar-refractivity contribution in [1.82, 2.24) is 4.90 Å². The quantitative estimate of drug-likeness (QED) is 0.754. The highest BCUT2D eigenvalue weighted by Gasteiger charge is 2.48. The summed E-state index contributed by atoms with van der Waals surface area (Å²) in [4.78, 5) is 26.1. The first-order valence-electron chi connectivity index (χ1n) is 9.18. The number of amides is 1. The van der Waals surface area contributed by atoms with Crippen LogP contribution in [0.25, 0.3) is 0 Å². The van der Waals surface area contributed by atoms with Crippen LogP contribution in [0.2, 0.25) is 0 Å². The van der Waals surface area contributed by atoms with Gasteiger partial charge in [-0.05, 0) is 38.0 Å². The van der Waals surface area contributed by atoms with Gasteiger partial charge in [-0.3, -0.25) is 4.79 Å². The van der Waals surface area contributed by atoms with Crippen LogP contribution in [-0.4, -0.2) is 44.7 Å². The Balaban J connectivity index is 2.15. The Hall–Kier alpha value is -1.10. The van der Waals surface area contributed by atoms with Crippen LogP contribution >= 0.6 is 0 Å². The topological polar surface area (TPSA) is 77.8 Å². The van der Waals surface area contributed by atoms with Gasteiger partial charge in [-0.25, -0.2) is 4.79 Å². The first-order valence-corrected chi connectivity index (χ1v) is 9.18. The summed E-state index contributed by atoms with van der Waals surface area (Å²) in [5, 5.41) is 20.3. The second-order valence-corrected chi connectivity index (χ2v) is 7.40. The fraction of sp³-hybridized carbons (Fsp3) is 0.889. The van der Waals surface area contributed by atoms with E-state index < -0.39 is 17.6 Å². The predicted octanol–water partition coefficient (Wildman–Crippen LogP) is 2.95. The molecule has 0 spiro atoms. The smallest absolute Gasteiger partial charge is 0.326 e. The van der Waals surface area contributed by atoms with E-state index in [1.807, 2.05) is 13.8 Å². The molecule has 2 rings (SSSR count). The highest BCUT2D eigenvalue weighted by molar-refractivity contribution is 5.85. The number of hydrogen-bond donors (Lipinski definition) is 2. The molecule has 0 aromatic rings. The van der Waals surface area contributed by atoms with Gasteiger partial charge in [-0.1, -0.05) is 39.5 Å². The van der Waals surface area contributed by atoms with Gasteiger partial charge >= 0.3 is 5.97 Å². The molecule has 3 unspecified atom stereocenters. The summed E-state index contributed by atoms with van der Waals surface area (Å²) in [6.45, 7) is 4.00. The van der Waals surface area contributed by atoms with Gasteiger partial charge in [-0.15, -0.1) is 0 Å². The van der Waals surface area contributed by atoms with Gasteiger partial charge in [0.15, 0.2) is 0 Å². The summed E-state index contributed by atoms with van der Waals surface area (Å²) < 4.78 is 0. The largest absolute Gasteiger partial charge is 0.480 e. The van der Waals surface area contributed by atoms with Crippen LogP contribution in [0.15, 0.2) is 0 Å². The Morgan fingerprint density at radius 2 is 1.74 bits per heavy atom. The monoisotopic (exact) mass is 325 g/mol. The van der Waals surface area contributed by atoms with E-state index >= 15 is 0 Å². The standard InChI is InChI=1S/C18H31NO4/c1-3-9-18(23,10-4-2)12-16(20)19-14-8-6-5-7-13(14)11-15(19)17(21)22/h13-15,23H,3-12H2,1-2H3,(H,21,22). The minimum absolute atomic E-state index is 0.0572. The number of carboxylic acid groups (broad SMARTS) is 1. The fourth-order valence-corrected chi connectivity index (χ4v) is 4.64. The Labute approximate surface area is 139 Å². The van der Waals surface area contributed by atoms with Gasteiger partial charge in [0.2, 0.25) is 5.91 Å². The van der Waals surface area contributed by atoms with Crippen LogP contribution in [0.4, 0.5) is 0 Å². The van der Waals surface area contributed by atoms with Gasteiger partial charge < -0.3 is 15.1 Å². The first kappa shape index (κ1) is 18.2. The minimum atomic E-state index is -0.990. The lowest BCUT2D eigenvalue weighted by Crippen LogP contribution is -2.49. The van der Waals surface area contributed by atoms with E-state index in [4.69, 9.17) is 0 Å². The van der Waals surface area contributed by atoms with E-state index in [0.29, 0.717) is 25.2 Å². The Morgan fingerprint density at radius 3 is 2.30 bits per heavy atom. The van der Waals surface area contributed by atoms with Crippen molar-refractivity contribution >= 4 is 11.9 Å². The molecule has 3 atom stereocenters. The molecule has 5 nitrogen and oxygen atoms in total. The third kappa shape index (κ3) is 4.06. The zero-order chi connectivity index (χ0) is 17.0. The number of aliphatic carboxylic acids is 1. The van der Waals surface area contributed by atoms with E-state index in [2.05, 4.69) is 0 Å². The van der Waals surface area contributed by atoms with Crippen molar-refractivity contribution in [3.05, 3.63) is 0 Å². The van der Waals surface area contributed by atoms with Gasteiger partial charge in [0.25, 0.3) is 0 Å². The molecular weight excluding hydrogens is 294 g/mol. The molecule has 0 radical (unpaired) electrons. The maximum Gasteiger partial charge on any atom is 0.326 e. The van der Waals surface area contributed by atoms with Crippen molar-refractivity contribution in [2.75, 3.05) is 0 Å². The van der Waals surface area contributed by atoms with E-state index in [0.717, 1.165) is 38.5 Å². The minimum Gasteiger partial charge on any atom is -0.480 e. The van der Waals surface area contributed by atoms with Crippen LogP contribution in [0, 0.1) is 5.92 Å². The molecule has 2 N–H and O–H groups in total. The number of fused-ring (bicyclic) bond motifs is 1. The van der Waals surface area contributed by atoms with E-state index in [9.17, 15) is 19.8 Å². The molecule has 1 heterocycles. The van der Waals surface area contributed by atoms with Crippen LogP contribution in [0.5, 0.6) is 0 Å². The second-order valence-electron chi connectivity index (χ2n) is 7.40. The molecule has 23 heavy (non-hydrogen) atoms. The molecule has 0 aromatic heterocycles. The number of carbonyl (C=O) groups is 2. The van der Waals surface area contributed by atoms with Gasteiger partial charge in [0.1, 0.15) is 6.04 Å². The van der Waals surface area contributed by atoms with Crippen molar-refractivity contribution in [3.8, 4) is 0 Å². The Morgan fingerprint density at radius 1 is 1.13 bits per heavy atom. The van der Waals surface area contributed by atoms with Crippen LogP contribution in [0.3, 0.4) is 0 Å². The normalized spacial score (nSPS) is 27.8. The SMILES string of the molecule is CCCC(O)(CCC)CC(=O)N1C(C(=O)O)CC2CCCCC21. The van der Waals surface area contributed by atoms with Gasteiger partial charge in [0, 0.05) is 6.04 Å². The van der Waals surface area contributed by atoms with Crippen molar-refractivity contribution in [2.24, 2.45) is 5.92 Å². The van der Waals surface area contributed by atoms with Crippen molar-refractivity contribution in [3.63, 3.8) is 0 Å². The van der Waals surface area contributed by atoms with Crippen LogP contribution in [0.1, 0.15) is 78.1 Å². The number of nitrogens with zero attached hydrogens (tertiary/aromatic N) is 1. The third-order valence-corrected chi connectivity index (χ3v) is 5.57. The summed E-state index contributed by atoms with van der Waals surface area (Å²) in [5.74, 6) is -0.752. The number of rotatable bonds is 7. The third-order valence-electron chi connectivity index (χ3n) is 5.57. The Bertz CT molecular complexity index is 431. The summed E-state index contributed by atoms with van der Waals surface area (Å²) in [7, 11) is 0. The molecule has 132 valence electrons. The zero-order valence-corrected chi connectivity index (χ0v) is 14.5. The molecule has 1 saturated heterocycles. The highest BCUT2D eigenvalue weighted by atomic mass is 16.4. The molecule has 5 heteroatoms. The summed E-state index contributed by atoms with van der Waals surface area (Å²) in [6.07, 6.45) is 7.56. The average Bonchev–Trinajstić information content (AvgIpc) is 2.87. The lowest BCUT2D eigenvalue weighted by molar-refractivity contribution is -0.152. The highest BCUT2D eigenvalue weighted by Crippen LogP contribution is 2.41.